The molecule has 2 N–H and O–H groups in total. The molecular weight excluding hydrogens is 377 g/mol. The fraction of sp³-hybridized carbons (Fsp3) is 0.500. The van der Waals surface area contributed by atoms with Gasteiger partial charge in [0.15, 0.2) is 0 Å². The summed E-state index contributed by atoms with van der Waals surface area (Å²) in [4.78, 5) is 31.6. The third-order valence-electron chi connectivity index (χ3n) is 4.65. The summed E-state index contributed by atoms with van der Waals surface area (Å²) in [5.74, 6) is -1.23. The van der Waals surface area contributed by atoms with Gasteiger partial charge in [0.05, 0.1) is 18.2 Å². The van der Waals surface area contributed by atoms with Gasteiger partial charge < -0.3 is 20.2 Å². The molecular formula is C18H21ClFN3O4. The van der Waals surface area contributed by atoms with E-state index >= 15 is 0 Å². The molecule has 1 fully saturated rings. The summed E-state index contributed by atoms with van der Waals surface area (Å²) >= 11 is 5.71. The SMILES string of the molecule is CC1=NOC(CC(=O)N2CC(O)CC2C(=O)NCc2ccc(Cl)cc2F)C1. The molecule has 27 heavy (non-hydrogen) atoms. The maximum atomic E-state index is 13.8. The van der Waals surface area contributed by atoms with Crippen molar-refractivity contribution in [3.8, 4) is 0 Å². The Morgan fingerprint density at radius 1 is 1.48 bits per heavy atom. The normalized spacial score (nSPS) is 24.5. The molecule has 0 radical (unpaired) electrons. The van der Waals surface area contributed by atoms with Crippen LogP contribution in [-0.2, 0) is 21.0 Å². The number of halogens is 2. The minimum Gasteiger partial charge on any atom is -0.392 e. The van der Waals surface area contributed by atoms with E-state index in [-0.39, 0.29) is 48.5 Å². The van der Waals surface area contributed by atoms with Crippen LogP contribution in [0.1, 0.15) is 31.7 Å². The summed E-state index contributed by atoms with van der Waals surface area (Å²) in [7, 11) is 0. The molecule has 146 valence electrons. The van der Waals surface area contributed by atoms with Crippen LogP contribution in [0.4, 0.5) is 4.39 Å². The smallest absolute Gasteiger partial charge is 0.243 e. The highest BCUT2D eigenvalue weighted by atomic mass is 35.5. The molecule has 1 aromatic rings. The van der Waals surface area contributed by atoms with Gasteiger partial charge in [0.25, 0.3) is 0 Å². The Morgan fingerprint density at radius 3 is 2.93 bits per heavy atom. The fourth-order valence-electron chi connectivity index (χ4n) is 3.29. The summed E-state index contributed by atoms with van der Waals surface area (Å²) in [5, 5.41) is 16.6. The molecule has 2 aliphatic rings. The van der Waals surface area contributed by atoms with Gasteiger partial charge in [-0.2, -0.15) is 0 Å². The molecule has 3 rings (SSSR count). The van der Waals surface area contributed by atoms with Crippen molar-refractivity contribution >= 4 is 29.1 Å². The summed E-state index contributed by atoms with van der Waals surface area (Å²) in [6.07, 6.45) is -0.332. The summed E-state index contributed by atoms with van der Waals surface area (Å²) in [6.45, 7) is 1.87. The van der Waals surface area contributed by atoms with Crippen molar-refractivity contribution in [3.63, 3.8) is 0 Å². The van der Waals surface area contributed by atoms with Gasteiger partial charge in [0.2, 0.25) is 11.8 Å². The molecule has 2 heterocycles. The van der Waals surface area contributed by atoms with Crippen LogP contribution in [0.15, 0.2) is 23.4 Å². The van der Waals surface area contributed by atoms with E-state index < -0.39 is 23.9 Å². The Hall–Kier alpha value is -2.19. The monoisotopic (exact) mass is 397 g/mol. The number of β-amino-alcohol motifs (C(OH)–C–C–N with tert-alkyl or cyclic N) is 1. The van der Waals surface area contributed by atoms with Crippen LogP contribution in [0.5, 0.6) is 0 Å². The van der Waals surface area contributed by atoms with Crippen molar-refractivity contribution in [2.75, 3.05) is 6.54 Å². The predicted molar refractivity (Wildman–Crippen MR) is 96.6 cm³/mol. The average Bonchev–Trinajstić information content (AvgIpc) is 3.19. The first-order valence-electron chi connectivity index (χ1n) is 8.72. The minimum absolute atomic E-state index is 0.0325. The number of rotatable bonds is 5. The second-order valence-electron chi connectivity index (χ2n) is 6.87. The van der Waals surface area contributed by atoms with Gasteiger partial charge in [0, 0.05) is 36.5 Å². The number of carbonyl (C=O) groups is 2. The van der Waals surface area contributed by atoms with E-state index in [0.717, 1.165) is 5.71 Å². The zero-order valence-corrected chi connectivity index (χ0v) is 15.6. The van der Waals surface area contributed by atoms with Crippen LogP contribution in [0.3, 0.4) is 0 Å². The van der Waals surface area contributed by atoms with E-state index in [0.29, 0.717) is 6.42 Å². The van der Waals surface area contributed by atoms with E-state index in [4.69, 9.17) is 16.4 Å². The zero-order valence-electron chi connectivity index (χ0n) is 14.8. The number of nitrogens with zero attached hydrogens (tertiary/aromatic N) is 2. The largest absolute Gasteiger partial charge is 0.392 e. The van der Waals surface area contributed by atoms with Crippen molar-refractivity contribution in [1.82, 2.24) is 10.2 Å². The molecule has 1 aromatic carbocycles. The minimum atomic E-state index is -0.800. The van der Waals surface area contributed by atoms with Gasteiger partial charge in [-0.15, -0.1) is 0 Å². The molecule has 0 bridgehead atoms. The molecule has 0 spiro atoms. The van der Waals surface area contributed by atoms with E-state index in [1.54, 1.807) is 0 Å². The molecule has 0 aromatic heterocycles. The van der Waals surface area contributed by atoms with Crippen molar-refractivity contribution in [2.24, 2.45) is 5.16 Å². The Bertz CT molecular complexity index is 773. The van der Waals surface area contributed by atoms with E-state index in [1.807, 2.05) is 6.92 Å². The highest BCUT2D eigenvalue weighted by molar-refractivity contribution is 6.30. The molecule has 0 aliphatic carbocycles. The van der Waals surface area contributed by atoms with Crippen LogP contribution in [0, 0.1) is 5.82 Å². The molecule has 1 saturated heterocycles. The number of aliphatic hydroxyl groups is 1. The molecule has 2 aliphatic heterocycles. The highest BCUT2D eigenvalue weighted by Gasteiger charge is 2.39. The first-order valence-corrected chi connectivity index (χ1v) is 9.09. The van der Waals surface area contributed by atoms with E-state index in [2.05, 4.69) is 10.5 Å². The second kappa shape index (κ2) is 8.22. The number of amides is 2. The quantitative estimate of drug-likeness (QED) is 0.789. The van der Waals surface area contributed by atoms with Crippen molar-refractivity contribution < 1.29 is 23.9 Å². The van der Waals surface area contributed by atoms with Crippen LogP contribution < -0.4 is 5.32 Å². The van der Waals surface area contributed by atoms with Crippen LogP contribution in [0.25, 0.3) is 0 Å². The number of likely N-dealkylation sites (tertiary alicyclic amines) is 1. The fourth-order valence-corrected chi connectivity index (χ4v) is 3.45. The topological polar surface area (TPSA) is 91.2 Å². The zero-order chi connectivity index (χ0) is 19.6. The number of carbonyl (C=O) groups excluding carboxylic acids is 2. The molecule has 3 unspecified atom stereocenters. The summed E-state index contributed by atoms with van der Waals surface area (Å²) in [5.41, 5.74) is 1.10. The lowest BCUT2D eigenvalue weighted by molar-refractivity contribution is -0.140. The molecule has 2 amide bonds. The summed E-state index contributed by atoms with van der Waals surface area (Å²) < 4.78 is 13.8. The standard InChI is InChI=1S/C18H21ClFN3O4/c1-10-4-14(27-22-10)7-17(25)23-9-13(24)6-16(23)18(26)21-8-11-2-3-12(19)5-15(11)20/h2-3,5,13-14,16,24H,4,6-9H2,1H3,(H,21,26). The number of aliphatic hydroxyl groups excluding tert-OH is 1. The Morgan fingerprint density at radius 2 is 2.26 bits per heavy atom. The van der Waals surface area contributed by atoms with Gasteiger partial charge in [-0.3, -0.25) is 9.59 Å². The van der Waals surface area contributed by atoms with Gasteiger partial charge in [-0.25, -0.2) is 4.39 Å². The highest BCUT2D eigenvalue weighted by Crippen LogP contribution is 2.22. The van der Waals surface area contributed by atoms with Gasteiger partial charge in [0.1, 0.15) is 18.0 Å². The number of hydrogen-bond donors (Lipinski definition) is 2. The maximum Gasteiger partial charge on any atom is 0.243 e. The van der Waals surface area contributed by atoms with Gasteiger partial charge in [-0.05, 0) is 19.1 Å². The number of nitrogens with one attached hydrogen (secondary N) is 1. The first-order chi connectivity index (χ1) is 12.8. The third-order valence-corrected chi connectivity index (χ3v) is 4.89. The Labute approximate surface area is 161 Å². The third kappa shape index (κ3) is 4.75. The van der Waals surface area contributed by atoms with Crippen molar-refractivity contribution in [3.05, 3.63) is 34.6 Å². The lowest BCUT2D eigenvalue weighted by atomic mass is 10.1. The number of benzene rings is 1. The molecule has 0 saturated carbocycles. The van der Waals surface area contributed by atoms with Gasteiger partial charge in [-0.1, -0.05) is 22.8 Å². The number of oxime groups is 1. The van der Waals surface area contributed by atoms with Crippen LogP contribution >= 0.6 is 11.6 Å². The van der Waals surface area contributed by atoms with Crippen LogP contribution in [-0.4, -0.2) is 52.3 Å². The molecule has 7 nitrogen and oxygen atoms in total. The molecule has 9 heteroatoms. The predicted octanol–water partition coefficient (Wildman–Crippen LogP) is 1.61. The Kier molecular flexibility index (Phi) is 5.96. The second-order valence-corrected chi connectivity index (χ2v) is 7.30. The molecule has 3 atom stereocenters. The van der Waals surface area contributed by atoms with Crippen molar-refractivity contribution in [1.29, 1.82) is 0 Å². The first kappa shape index (κ1) is 19.6. The Balaban J connectivity index is 1.59. The number of hydrogen-bond acceptors (Lipinski definition) is 5. The lowest BCUT2D eigenvalue weighted by Crippen LogP contribution is -2.46. The average molecular weight is 398 g/mol. The van der Waals surface area contributed by atoms with E-state index in [1.165, 1.54) is 23.1 Å². The summed E-state index contributed by atoms with van der Waals surface area (Å²) in [6, 6.07) is 3.40. The van der Waals surface area contributed by atoms with E-state index in [9.17, 15) is 19.1 Å². The van der Waals surface area contributed by atoms with Gasteiger partial charge >= 0.3 is 0 Å². The van der Waals surface area contributed by atoms with Crippen LogP contribution in [0.2, 0.25) is 5.02 Å². The lowest BCUT2D eigenvalue weighted by Gasteiger charge is -2.24. The van der Waals surface area contributed by atoms with Crippen molar-refractivity contribution in [2.45, 2.75) is 51.0 Å². The maximum absolute atomic E-state index is 13.8.